The van der Waals surface area contributed by atoms with Crippen molar-refractivity contribution in [3.8, 4) is 11.6 Å². The number of halogens is 3. The van der Waals surface area contributed by atoms with Crippen LogP contribution >= 0.6 is 0 Å². The second-order valence-corrected chi connectivity index (χ2v) is 8.45. The minimum atomic E-state index is -4.42. The third-order valence-corrected chi connectivity index (χ3v) is 6.39. The number of rotatable bonds is 6. The van der Waals surface area contributed by atoms with Gasteiger partial charge in [0.05, 0.1) is 18.8 Å². The first kappa shape index (κ1) is 23.2. The number of methoxy groups -OCH3 is 1. The fourth-order valence-electron chi connectivity index (χ4n) is 4.57. The Kier molecular flexibility index (Phi) is 6.67. The summed E-state index contributed by atoms with van der Waals surface area (Å²) in [5, 5.41) is 5.42. The van der Waals surface area contributed by atoms with Crippen LogP contribution in [-0.4, -0.2) is 49.2 Å². The van der Waals surface area contributed by atoms with E-state index < -0.39 is 17.8 Å². The first-order valence-corrected chi connectivity index (χ1v) is 11.3. The van der Waals surface area contributed by atoms with Crippen LogP contribution in [0.4, 0.5) is 24.5 Å². The number of aromatic nitrogens is 1. The number of nitrogens with zero attached hydrogens (tertiary/aromatic N) is 4. The van der Waals surface area contributed by atoms with Crippen LogP contribution in [0.3, 0.4) is 0 Å². The van der Waals surface area contributed by atoms with Gasteiger partial charge in [-0.15, -0.1) is 0 Å². The van der Waals surface area contributed by atoms with E-state index in [1.807, 2.05) is 31.2 Å². The van der Waals surface area contributed by atoms with Gasteiger partial charge in [0.2, 0.25) is 5.88 Å². The Balaban J connectivity index is 1.37. The third-order valence-electron chi connectivity index (χ3n) is 6.39. The molecule has 0 aliphatic carbocycles. The molecule has 4 rings (SSSR count). The number of pyridine rings is 1. The Hall–Kier alpha value is -2.97. The number of ether oxygens (including phenoxy) is 2. The van der Waals surface area contributed by atoms with Gasteiger partial charge in [0.15, 0.2) is 0 Å². The van der Waals surface area contributed by atoms with Crippen LogP contribution in [0.5, 0.6) is 11.6 Å². The minimum absolute atomic E-state index is 0.0842. The molecule has 1 aromatic heterocycles. The first-order valence-electron chi connectivity index (χ1n) is 11.3. The number of piperidine rings is 1. The van der Waals surface area contributed by atoms with Crippen LogP contribution in [-0.2, 0) is 0 Å². The molecule has 178 valence electrons. The maximum Gasteiger partial charge on any atom is 0.431 e. The molecule has 1 aromatic carbocycles. The van der Waals surface area contributed by atoms with Crippen LogP contribution in [0.2, 0.25) is 0 Å². The van der Waals surface area contributed by atoms with Crippen molar-refractivity contribution in [1.82, 2.24) is 4.98 Å². The maximum atomic E-state index is 13.3. The summed E-state index contributed by atoms with van der Waals surface area (Å²) >= 11 is 0. The van der Waals surface area contributed by atoms with E-state index in [0.29, 0.717) is 23.7 Å². The van der Waals surface area contributed by atoms with Gasteiger partial charge >= 0.3 is 6.18 Å². The van der Waals surface area contributed by atoms with Crippen LogP contribution in [0, 0.1) is 5.92 Å². The summed E-state index contributed by atoms with van der Waals surface area (Å²) in [7, 11) is 1.60. The highest BCUT2D eigenvalue weighted by molar-refractivity contribution is 5.95. The van der Waals surface area contributed by atoms with Crippen molar-refractivity contribution in [3.05, 3.63) is 42.6 Å². The highest BCUT2D eigenvalue weighted by Crippen LogP contribution is 2.36. The number of anilines is 2. The Morgan fingerprint density at radius 1 is 1.06 bits per heavy atom. The van der Waals surface area contributed by atoms with E-state index in [9.17, 15) is 13.2 Å². The van der Waals surface area contributed by atoms with Crippen molar-refractivity contribution in [2.45, 2.75) is 51.4 Å². The zero-order chi connectivity index (χ0) is 23.6. The van der Waals surface area contributed by atoms with E-state index in [2.05, 4.69) is 15.0 Å². The minimum Gasteiger partial charge on any atom is -0.490 e. The fraction of sp³-hybridized carbons (Fsp3) is 0.500. The molecule has 0 N–H and O–H groups in total. The highest BCUT2D eigenvalue weighted by Gasteiger charge is 2.47. The largest absolute Gasteiger partial charge is 0.490 e. The van der Waals surface area contributed by atoms with Gasteiger partial charge in [-0.25, -0.2) is 4.98 Å². The van der Waals surface area contributed by atoms with Gasteiger partial charge in [0, 0.05) is 49.8 Å². The molecule has 1 unspecified atom stereocenters. The summed E-state index contributed by atoms with van der Waals surface area (Å²) in [6.45, 7) is 5.19. The first-order chi connectivity index (χ1) is 15.8. The van der Waals surface area contributed by atoms with Gasteiger partial charge in [0.1, 0.15) is 17.6 Å². The van der Waals surface area contributed by atoms with Gasteiger partial charge in [-0.05, 0) is 36.8 Å². The molecule has 0 spiro atoms. The number of alkyl halides is 3. The van der Waals surface area contributed by atoms with E-state index >= 15 is 0 Å². The van der Waals surface area contributed by atoms with Crippen LogP contribution in [0.15, 0.2) is 47.7 Å². The highest BCUT2D eigenvalue weighted by atomic mass is 19.4. The van der Waals surface area contributed by atoms with Crippen LogP contribution in [0.1, 0.15) is 33.1 Å². The topological polar surface area (TPSA) is 50.2 Å². The molecule has 2 aliphatic rings. The average Bonchev–Trinajstić information content (AvgIpc) is 3.16. The number of hydrogen-bond donors (Lipinski definition) is 0. The molecular formula is C24H29F3N4O2. The molecule has 9 heteroatoms. The molecule has 0 radical (unpaired) electrons. The van der Waals surface area contributed by atoms with E-state index in [1.54, 1.807) is 32.4 Å². The number of hydrazone groups is 1. The van der Waals surface area contributed by atoms with Crippen LogP contribution in [0.25, 0.3) is 0 Å². The Morgan fingerprint density at radius 2 is 1.76 bits per heavy atom. The summed E-state index contributed by atoms with van der Waals surface area (Å²) in [6.07, 6.45) is -0.281. The maximum absolute atomic E-state index is 13.3. The zero-order valence-corrected chi connectivity index (χ0v) is 19.0. The molecular weight excluding hydrogens is 433 g/mol. The fourth-order valence-corrected chi connectivity index (χ4v) is 4.57. The molecule has 6 nitrogen and oxygen atoms in total. The molecule has 2 aliphatic heterocycles. The number of benzene rings is 1. The van der Waals surface area contributed by atoms with Crippen molar-refractivity contribution in [3.63, 3.8) is 0 Å². The van der Waals surface area contributed by atoms with Gasteiger partial charge in [-0.3, -0.25) is 5.01 Å². The molecule has 33 heavy (non-hydrogen) atoms. The molecule has 2 atom stereocenters. The smallest absolute Gasteiger partial charge is 0.431 e. The lowest BCUT2D eigenvalue weighted by molar-refractivity contribution is -0.0620. The quantitative estimate of drug-likeness (QED) is 0.584. The van der Waals surface area contributed by atoms with Gasteiger partial charge in [0.25, 0.3) is 0 Å². The van der Waals surface area contributed by atoms with E-state index in [0.717, 1.165) is 31.6 Å². The molecule has 1 saturated heterocycles. The van der Waals surface area contributed by atoms with Crippen molar-refractivity contribution in [2.24, 2.45) is 11.0 Å². The predicted molar refractivity (Wildman–Crippen MR) is 122 cm³/mol. The van der Waals surface area contributed by atoms with Crippen molar-refractivity contribution in [1.29, 1.82) is 0 Å². The molecule has 0 amide bonds. The van der Waals surface area contributed by atoms with Gasteiger partial charge in [-0.1, -0.05) is 13.8 Å². The van der Waals surface area contributed by atoms with Crippen molar-refractivity contribution >= 4 is 17.1 Å². The molecule has 0 saturated carbocycles. The zero-order valence-electron chi connectivity index (χ0n) is 19.0. The second-order valence-electron chi connectivity index (χ2n) is 8.45. The SMILES string of the molecule is CC[C@H]1C(C)C(C(F)(F)F)=NN1c1ccc(OC2CCN(c3ccnc(OC)c3)CC2)cc1. The van der Waals surface area contributed by atoms with E-state index in [4.69, 9.17) is 9.47 Å². The molecule has 2 aromatic rings. The Labute approximate surface area is 192 Å². The monoisotopic (exact) mass is 462 g/mol. The lowest BCUT2D eigenvalue weighted by Crippen LogP contribution is -2.38. The van der Waals surface area contributed by atoms with Crippen LogP contribution < -0.4 is 19.4 Å². The van der Waals surface area contributed by atoms with Gasteiger partial charge < -0.3 is 14.4 Å². The van der Waals surface area contributed by atoms with Gasteiger partial charge in [-0.2, -0.15) is 18.3 Å². The van der Waals surface area contributed by atoms with E-state index in [-0.39, 0.29) is 12.1 Å². The lowest BCUT2D eigenvalue weighted by atomic mass is 9.95. The third kappa shape index (κ3) is 5.02. The summed E-state index contributed by atoms with van der Waals surface area (Å²) in [6, 6.07) is 10.8. The second kappa shape index (κ2) is 9.49. The normalized spacial score (nSPS) is 21.8. The molecule has 3 heterocycles. The number of hydrogen-bond acceptors (Lipinski definition) is 6. The lowest BCUT2D eigenvalue weighted by Gasteiger charge is -2.33. The summed E-state index contributed by atoms with van der Waals surface area (Å²) in [4.78, 5) is 6.43. The summed E-state index contributed by atoms with van der Waals surface area (Å²) in [5.74, 6) is 0.634. The van der Waals surface area contributed by atoms with E-state index in [1.165, 1.54) is 5.01 Å². The summed E-state index contributed by atoms with van der Waals surface area (Å²) < 4.78 is 51.3. The molecule has 1 fully saturated rings. The molecule has 0 bridgehead atoms. The van der Waals surface area contributed by atoms with Crippen molar-refractivity contribution < 1.29 is 22.6 Å². The Bertz CT molecular complexity index is 972. The standard InChI is InChI=1S/C24H29F3N4O2/c1-4-21-16(2)23(24(25,26)27)29-31(21)17-5-7-19(8-6-17)33-20-10-13-30(14-11-20)18-9-12-28-22(15-18)32-3/h5-9,12,15-16,20-21H,4,10-11,13-14H2,1-3H3/t16?,21-/m0/s1. The van der Waals surface area contributed by atoms with Crippen molar-refractivity contribution in [2.75, 3.05) is 30.1 Å². The Morgan fingerprint density at radius 3 is 2.36 bits per heavy atom. The predicted octanol–water partition coefficient (Wildman–Crippen LogP) is 5.29. The summed E-state index contributed by atoms with van der Waals surface area (Å²) in [5.41, 5.74) is 1.00. The average molecular weight is 463 g/mol.